The summed E-state index contributed by atoms with van der Waals surface area (Å²) in [6.45, 7) is 3.01. The molecule has 0 aliphatic carbocycles. The van der Waals surface area contributed by atoms with Gasteiger partial charge < -0.3 is 4.74 Å². The summed E-state index contributed by atoms with van der Waals surface area (Å²) in [4.78, 5) is 25.9. The lowest BCUT2D eigenvalue weighted by Gasteiger charge is -2.34. The van der Waals surface area contributed by atoms with E-state index in [9.17, 15) is 9.59 Å². The number of hydrogen-bond donors (Lipinski definition) is 1. The number of aromatic nitrogens is 3. The molecule has 0 saturated carbocycles. The summed E-state index contributed by atoms with van der Waals surface area (Å²) in [5.41, 5.74) is -0.493. The molecule has 1 aromatic carbocycles. The fourth-order valence-electron chi connectivity index (χ4n) is 3.45. The second-order valence-corrected chi connectivity index (χ2v) is 6.86. The second kappa shape index (κ2) is 5.84. The molecule has 1 atom stereocenters. The zero-order chi connectivity index (χ0) is 16.7. The average molecular weight is 349 g/mol. The van der Waals surface area contributed by atoms with Crippen LogP contribution in [0.1, 0.15) is 17.8 Å². The molecule has 0 bridgehead atoms. The number of rotatable bonds is 2. The van der Waals surface area contributed by atoms with Crippen molar-refractivity contribution in [3.8, 4) is 0 Å². The van der Waals surface area contributed by atoms with Gasteiger partial charge in [-0.2, -0.15) is 5.10 Å². The van der Waals surface area contributed by atoms with Gasteiger partial charge in [0.2, 0.25) is 0 Å². The molecule has 1 aromatic heterocycles. The molecule has 1 saturated heterocycles. The highest BCUT2D eigenvalue weighted by Crippen LogP contribution is 2.31. The Bertz CT molecular complexity index is 876. The predicted octanol–water partition coefficient (Wildman–Crippen LogP) is 0.760. The first-order chi connectivity index (χ1) is 11.5. The Hall–Kier alpha value is -1.96. The van der Waals surface area contributed by atoms with Crippen LogP contribution in [0.2, 0.25) is 5.02 Å². The molecule has 0 amide bonds. The predicted molar refractivity (Wildman–Crippen MR) is 88.0 cm³/mol. The van der Waals surface area contributed by atoms with Crippen molar-refractivity contribution in [2.24, 2.45) is 0 Å². The highest BCUT2D eigenvalue weighted by atomic mass is 35.5. The Morgan fingerprint density at radius 3 is 2.83 bits per heavy atom. The lowest BCUT2D eigenvalue weighted by atomic mass is 10.0. The number of hydrogen-bond acceptors (Lipinski definition) is 5. The van der Waals surface area contributed by atoms with Gasteiger partial charge in [-0.15, -0.1) is 0 Å². The lowest BCUT2D eigenvalue weighted by molar-refractivity contribution is -0.0853. The van der Waals surface area contributed by atoms with Gasteiger partial charge in [0.05, 0.1) is 6.54 Å². The molecule has 0 unspecified atom stereocenters. The first-order valence-electron chi connectivity index (χ1n) is 7.84. The molecule has 2 aromatic rings. The van der Waals surface area contributed by atoms with E-state index in [2.05, 4.69) is 15.1 Å². The minimum Gasteiger partial charge on any atom is -0.364 e. The smallest absolute Gasteiger partial charge is 0.330 e. The van der Waals surface area contributed by atoms with Crippen molar-refractivity contribution in [3.05, 3.63) is 61.4 Å². The molecule has 7 nitrogen and oxygen atoms in total. The highest BCUT2D eigenvalue weighted by molar-refractivity contribution is 6.30. The van der Waals surface area contributed by atoms with Crippen molar-refractivity contribution in [1.82, 2.24) is 19.7 Å². The van der Waals surface area contributed by atoms with Crippen LogP contribution in [0.5, 0.6) is 0 Å². The first kappa shape index (κ1) is 15.6. The molecule has 1 spiro atoms. The zero-order valence-electron chi connectivity index (χ0n) is 13.0. The van der Waals surface area contributed by atoms with E-state index in [4.69, 9.17) is 16.3 Å². The van der Waals surface area contributed by atoms with Crippen molar-refractivity contribution in [2.45, 2.75) is 31.7 Å². The topological polar surface area (TPSA) is 80.2 Å². The minimum atomic E-state index is -0.688. The second-order valence-electron chi connectivity index (χ2n) is 6.42. The Balaban J connectivity index is 1.52. The molecule has 1 fully saturated rings. The molecule has 8 heteroatoms. The third-order valence-corrected chi connectivity index (χ3v) is 4.96. The summed E-state index contributed by atoms with van der Waals surface area (Å²) in [7, 11) is 0. The maximum Gasteiger partial charge on any atom is 0.330 e. The van der Waals surface area contributed by atoms with E-state index in [1.54, 1.807) is 0 Å². The summed E-state index contributed by atoms with van der Waals surface area (Å²) in [6.07, 6.45) is 0.819. The molecule has 4 rings (SSSR count). The molecular formula is C16H17ClN4O3. The van der Waals surface area contributed by atoms with Crippen molar-refractivity contribution >= 4 is 11.6 Å². The number of ether oxygens (including phenoxy) is 1. The van der Waals surface area contributed by atoms with Crippen LogP contribution in [0.15, 0.2) is 33.9 Å². The van der Waals surface area contributed by atoms with Gasteiger partial charge in [-0.1, -0.05) is 23.7 Å². The van der Waals surface area contributed by atoms with Crippen LogP contribution in [0.25, 0.3) is 0 Å². The Labute approximate surface area is 142 Å². The summed E-state index contributed by atoms with van der Waals surface area (Å²) < 4.78 is 7.48. The lowest BCUT2D eigenvalue weighted by Crippen LogP contribution is -2.51. The van der Waals surface area contributed by atoms with E-state index in [0.717, 1.165) is 24.5 Å². The summed E-state index contributed by atoms with van der Waals surface area (Å²) >= 11 is 5.92. The Kier molecular flexibility index (Phi) is 3.79. The zero-order valence-corrected chi connectivity index (χ0v) is 13.8. The van der Waals surface area contributed by atoms with E-state index in [1.165, 1.54) is 10.1 Å². The molecule has 1 N–H and O–H groups in total. The van der Waals surface area contributed by atoms with E-state index >= 15 is 0 Å². The van der Waals surface area contributed by atoms with Crippen LogP contribution >= 0.6 is 11.6 Å². The van der Waals surface area contributed by atoms with Crippen LogP contribution in [-0.4, -0.2) is 38.4 Å². The standard InChI is InChI=1S/C16H17ClN4O3/c17-12-3-1-11(2-4-12)7-20-6-5-16(9-20)10-21-13(8-24-16)18-19-14(22)15(21)23/h1-4H,5-10H2,(H,19,22)/t16-/m0/s1. The number of benzene rings is 1. The molecule has 2 aliphatic rings. The average Bonchev–Trinajstić information content (AvgIpc) is 2.96. The van der Waals surface area contributed by atoms with Gasteiger partial charge in [0.1, 0.15) is 12.2 Å². The summed E-state index contributed by atoms with van der Waals surface area (Å²) in [5, 5.41) is 6.84. The van der Waals surface area contributed by atoms with Crippen LogP contribution in [0, 0.1) is 0 Å². The third kappa shape index (κ3) is 2.79. The summed E-state index contributed by atoms with van der Waals surface area (Å²) in [6, 6.07) is 7.79. The largest absolute Gasteiger partial charge is 0.364 e. The Morgan fingerprint density at radius 2 is 2.04 bits per heavy atom. The van der Waals surface area contributed by atoms with Gasteiger partial charge in [0.15, 0.2) is 5.82 Å². The first-order valence-corrected chi connectivity index (χ1v) is 8.22. The monoisotopic (exact) mass is 348 g/mol. The van der Waals surface area contributed by atoms with Crippen LogP contribution in [0.4, 0.5) is 0 Å². The van der Waals surface area contributed by atoms with E-state index in [0.29, 0.717) is 18.9 Å². The normalized spacial score (nSPS) is 23.5. The quantitative estimate of drug-likeness (QED) is 0.810. The Morgan fingerprint density at radius 1 is 1.25 bits per heavy atom. The molecule has 2 aliphatic heterocycles. The van der Waals surface area contributed by atoms with Gasteiger partial charge in [0, 0.05) is 24.7 Å². The molecule has 0 radical (unpaired) electrons. The van der Waals surface area contributed by atoms with Crippen molar-refractivity contribution < 1.29 is 4.74 Å². The van der Waals surface area contributed by atoms with E-state index in [-0.39, 0.29) is 6.61 Å². The fraction of sp³-hybridized carbons (Fsp3) is 0.438. The van der Waals surface area contributed by atoms with Crippen molar-refractivity contribution in [2.75, 3.05) is 13.1 Å². The molecular weight excluding hydrogens is 332 g/mol. The van der Waals surface area contributed by atoms with Gasteiger partial charge in [-0.05, 0) is 24.1 Å². The number of nitrogens with zero attached hydrogens (tertiary/aromatic N) is 3. The van der Waals surface area contributed by atoms with Gasteiger partial charge in [0.25, 0.3) is 0 Å². The van der Waals surface area contributed by atoms with Crippen LogP contribution in [0.3, 0.4) is 0 Å². The maximum absolute atomic E-state index is 12.1. The third-order valence-electron chi connectivity index (χ3n) is 4.71. The van der Waals surface area contributed by atoms with E-state index < -0.39 is 16.7 Å². The molecule has 126 valence electrons. The number of nitrogens with one attached hydrogen (secondary N) is 1. The number of fused-ring (bicyclic) bond motifs is 1. The van der Waals surface area contributed by atoms with Crippen LogP contribution < -0.4 is 11.1 Å². The number of H-pyrrole nitrogens is 1. The molecule has 3 heterocycles. The van der Waals surface area contributed by atoms with E-state index in [1.807, 2.05) is 24.3 Å². The highest BCUT2D eigenvalue weighted by Gasteiger charge is 2.42. The van der Waals surface area contributed by atoms with Crippen LogP contribution in [-0.2, 0) is 24.4 Å². The van der Waals surface area contributed by atoms with Gasteiger partial charge in [-0.25, -0.2) is 5.10 Å². The fourth-order valence-corrected chi connectivity index (χ4v) is 3.57. The SMILES string of the molecule is O=c1[nH]nc2n(c1=O)C[C@@]1(CCN(Cc3ccc(Cl)cc3)C1)OC2. The van der Waals surface area contributed by atoms with Crippen molar-refractivity contribution in [1.29, 1.82) is 0 Å². The number of halogens is 1. The van der Waals surface area contributed by atoms with Gasteiger partial charge >= 0.3 is 11.1 Å². The minimum absolute atomic E-state index is 0.237. The number of likely N-dealkylation sites (tertiary alicyclic amines) is 1. The summed E-state index contributed by atoms with van der Waals surface area (Å²) in [5.74, 6) is 0.473. The van der Waals surface area contributed by atoms with Crippen molar-refractivity contribution in [3.63, 3.8) is 0 Å². The number of aromatic amines is 1. The maximum atomic E-state index is 12.1. The van der Waals surface area contributed by atoms with Gasteiger partial charge in [-0.3, -0.25) is 19.1 Å². The molecule has 24 heavy (non-hydrogen) atoms.